The molecular formula is C12H22N4. The van der Waals surface area contributed by atoms with Gasteiger partial charge in [-0.3, -0.25) is 9.58 Å². The highest BCUT2D eigenvalue weighted by molar-refractivity contribution is 5.10. The summed E-state index contributed by atoms with van der Waals surface area (Å²) in [7, 11) is 2.05. The molecule has 0 amide bonds. The molecule has 2 atom stereocenters. The van der Waals surface area contributed by atoms with Gasteiger partial charge < -0.3 is 5.32 Å². The van der Waals surface area contributed by atoms with Gasteiger partial charge >= 0.3 is 0 Å². The second-order valence-corrected chi connectivity index (χ2v) is 4.57. The fourth-order valence-electron chi connectivity index (χ4n) is 2.35. The lowest BCUT2D eigenvalue weighted by Crippen LogP contribution is -2.31. The monoisotopic (exact) mass is 222 g/mol. The lowest BCUT2D eigenvalue weighted by molar-refractivity contribution is 0.257. The Labute approximate surface area is 97.6 Å². The number of rotatable bonds is 4. The maximum Gasteiger partial charge on any atom is 0.0537 e. The summed E-state index contributed by atoms with van der Waals surface area (Å²) in [6, 6.07) is 1.14. The molecule has 0 bridgehead atoms. The van der Waals surface area contributed by atoms with Gasteiger partial charge in [0, 0.05) is 43.5 Å². The van der Waals surface area contributed by atoms with Crippen molar-refractivity contribution < 1.29 is 0 Å². The molecule has 0 aromatic carbocycles. The van der Waals surface area contributed by atoms with Crippen molar-refractivity contribution in [3.05, 3.63) is 18.0 Å². The molecule has 16 heavy (non-hydrogen) atoms. The zero-order valence-electron chi connectivity index (χ0n) is 10.5. The molecule has 1 aliphatic heterocycles. The molecule has 2 heterocycles. The maximum absolute atomic E-state index is 4.34. The van der Waals surface area contributed by atoms with Crippen molar-refractivity contribution in [2.45, 2.75) is 38.9 Å². The van der Waals surface area contributed by atoms with Crippen LogP contribution >= 0.6 is 0 Å². The molecule has 1 N–H and O–H groups in total. The van der Waals surface area contributed by atoms with E-state index >= 15 is 0 Å². The van der Waals surface area contributed by atoms with E-state index in [4.69, 9.17) is 0 Å². The molecule has 0 spiro atoms. The van der Waals surface area contributed by atoms with Crippen molar-refractivity contribution in [1.29, 1.82) is 0 Å². The quantitative estimate of drug-likeness (QED) is 0.832. The maximum atomic E-state index is 4.34. The second-order valence-electron chi connectivity index (χ2n) is 4.57. The van der Waals surface area contributed by atoms with Crippen LogP contribution in [0.2, 0.25) is 0 Å². The minimum atomic E-state index is 0.485. The summed E-state index contributed by atoms with van der Waals surface area (Å²) < 4.78 is 2.00. The summed E-state index contributed by atoms with van der Waals surface area (Å²) in [6.07, 6.45) is 5.42. The van der Waals surface area contributed by atoms with Gasteiger partial charge in [-0.15, -0.1) is 0 Å². The summed E-state index contributed by atoms with van der Waals surface area (Å²) in [5.74, 6) is 0. The third-order valence-electron chi connectivity index (χ3n) is 3.64. The smallest absolute Gasteiger partial charge is 0.0537 e. The highest BCUT2D eigenvalue weighted by atomic mass is 15.3. The fourth-order valence-corrected chi connectivity index (χ4v) is 2.35. The topological polar surface area (TPSA) is 33.1 Å². The Morgan fingerprint density at radius 2 is 2.44 bits per heavy atom. The Hall–Kier alpha value is -0.870. The average molecular weight is 222 g/mol. The standard InChI is InChI=1S/C12H22N4/c1-4-16-8-11(7-14-16)10(2)15-6-5-12(9-15)13-3/h7-8,10,12-13H,4-6,9H2,1-3H3. The van der Waals surface area contributed by atoms with Gasteiger partial charge in [0.2, 0.25) is 0 Å². The van der Waals surface area contributed by atoms with Crippen LogP contribution in [0.4, 0.5) is 0 Å². The first-order chi connectivity index (χ1) is 7.74. The molecule has 0 saturated carbocycles. The molecule has 1 aromatic heterocycles. The van der Waals surface area contributed by atoms with Gasteiger partial charge in [-0.1, -0.05) is 0 Å². The summed E-state index contributed by atoms with van der Waals surface area (Å²) in [5, 5.41) is 7.69. The Bertz CT molecular complexity index is 334. The summed E-state index contributed by atoms with van der Waals surface area (Å²) in [5.41, 5.74) is 1.33. The van der Waals surface area contributed by atoms with Crippen LogP contribution in [-0.4, -0.2) is 40.9 Å². The normalized spacial score (nSPS) is 23.8. The molecule has 4 nitrogen and oxygen atoms in total. The number of likely N-dealkylation sites (tertiary alicyclic amines) is 1. The first-order valence-electron chi connectivity index (χ1n) is 6.18. The van der Waals surface area contributed by atoms with Gasteiger partial charge in [0.25, 0.3) is 0 Å². The molecule has 90 valence electrons. The van der Waals surface area contributed by atoms with Crippen LogP contribution in [0.5, 0.6) is 0 Å². The predicted molar refractivity (Wildman–Crippen MR) is 65.4 cm³/mol. The van der Waals surface area contributed by atoms with Crippen molar-refractivity contribution in [3.63, 3.8) is 0 Å². The Balaban J connectivity index is 1.99. The number of nitrogens with zero attached hydrogens (tertiary/aromatic N) is 3. The van der Waals surface area contributed by atoms with Crippen molar-refractivity contribution in [3.8, 4) is 0 Å². The van der Waals surface area contributed by atoms with Crippen molar-refractivity contribution in [1.82, 2.24) is 20.0 Å². The molecule has 1 aromatic rings. The minimum absolute atomic E-state index is 0.485. The summed E-state index contributed by atoms with van der Waals surface area (Å²) in [4.78, 5) is 2.53. The Morgan fingerprint density at radius 1 is 1.62 bits per heavy atom. The number of likely N-dealkylation sites (N-methyl/N-ethyl adjacent to an activating group) is 1. The fraction of sp³-hybridized carbons (Fsp3) is 0.750. The van der Waals surface area contributed by atoms with Gasteiger partial charge in [0.05, 0.1) is 6.20 Å². The van der Waals surface area contributed by atoms with Gasteiger partial charge in [-0.05, 0) is 27.3 Å². The van der Waals surface area contributed by atoms with E-state index in [9.17, 15) is 0 Å². The van der Waals surface area contributed by atoms with E-state index in [0.717, 1.165) is 13.1 Å². The molecule has 0 aliphatic carbocycles. The van der Waals surface area contributed by atoms with Crippen LogP contribution in [0, 0.1) is 0 Å². The number of hydrogen-bond acceptors (Lipinski definition) is 3. The minimum Gasteiger partial charge on any atom is -0.316 e. The van der Waals surface area contributed by atoms with E-state index in [0.29, 0.717) is 12.1 Å². The second kappa shape index (κ2) is 4.97. The predicted octanol–water partition coefficient (Wildman–Crippen LogP) is 1.26. The first kappa shape index (κ1) is 11.6. The van der Waals surface area contributed by atoms with Gasteiger partial charge in [-0.25, -0.2) is 0 Å². The van der Waals surface area contributed by atoms with Gasteiger partial charge in [0.15, 0.2) is 0 Å². The van der Waals surface area contributed by atoms with Crippen molar-refractivity contribution in [2.24, 2.45) is 0 Å². The number of aryl methyl sites for hydroxylation is 1. The molecule has 4 heteroatoms. The zero-order valence-corrected chi connectivity index (χ0v) is 10.5. The van der Waals surface area contributed by atoms with Crippen LogP contribution < -0.4 is 5.32 Å². The van der Waals surface area contributed by atoms with Crippen molar-refractivity contribution in [2.75, 3.05) is 20.1 Å². The van der Waals surface area contributed by atoms with Crippen LogP contribution in [0.25, 0.3) is 0 Å². The molecule has 1 saturated heterocycles. The molecule has 0 radical (unpaired) electrons. The largest absolute Gasteiger partial charge is 0.316 e. The molecule has 2 rings (SSSR count). The van der Waals surface area contributed by atoms with Crippen LogP contribution in [-0.2, 0) is 6.54 Å². The Morgan fingerprint density at radius 3 is 3.00 bits per heavy atom. The molecule has 1 aliphatic rings. The summed E-state index contributed by atoms with van der Waals surface area (Å²) in [6.45, 7) is 7.67. The lowest BCUT2D eigenvalue weighted by Gasteiger charge is -2.23. The zero-order chi connectivity index (χ0) is 11.5. The van der Waals surface area contributed by atoms with Crippen LogP contribution in [0.15, 0.2) is 12.4 Å². The molecule has 2 unspecified atom stereocenters. The van der Waals surface area contributed by atoms with E-state index < -0.39 is 0 Å². The van der Waals surface area contributed by atoms with Gasteiger partial charge in [-0.2, -0.15) is 5.10 Å². The molecular weight excluding hydrogens is 200 g/mol. The van der Waals surface area contributed by atoms with Gasteiger partial charge in [0.1, 0.15) is 0 Å². The Kier molecular flexibility index (Phi) is 3.61. The highest BCUT2D eigenvalue weighted by Crippen LogP contribution is 2.24. The number of nitrogens with one attached hydrogen (secondary N) is 1. The molecule has 1 fully saturated rings. The number of aromatic nitrogens is 2. The highest BCUT2D eigenvalue weighted by Gasteiger charge is 2.26. The van der Waals surface area contributed by atoms with Crippen molar-refractivity contribution >= 4 is 0 Å². The summed E-state index contributed by atoms with van der Waals surface area (Å²) >= 11 is 0. The third-order valence-corrected chi connectivity index (χ3v) is 3.64. The van der Waals surface area contributed by atoms with E-state index in [2.05, 4.69) is 35.4 Å². The number of hydrogen-bond donors (Lipinski definition) is 1. The lowest BCUT2D eigenvalue weighted by atomic mass is 10.1. The van der Waals surface area contributed by atoms with E-state index in [1.165, 1.54) is 18.5 Å². The third kappa shape index (κ3) is 2.28. The van der Waals surface area contributed by atoms with Crippen LogP contribution in [0.3, 0.4) is 0 Å². The van der Waals surface area contributed by atoms with E-state index in [1.807, 2.05) is 17.9 Å². The van der Waals surface area contributed by atoms with E-state index in [1.54, 1.807) is 0 Å². The first-order valence-corrected chi connectivity index (χ1v) is 6.18. The average Bonchev–Trinajstić information content (AvgIpc) is 2.97. The SMILES string of the molecule is CCn1cc(C(C)N2CCC(NC)C2)cn1. The van der Waals surface area contributed by atoms with Crippen LogP contribution in [0.1, 0.15) is 31.9 Å². The van der Waals surface area contributed by atoms with E-state index in [-0.39, 0.29) is 0 Å².